The molecule has 0 bridgehead atoms. The van der Waals surface area contributed by atoms with Crippen molar-refractivity contribution >= 4 is 5.91 Å². The zero-order valence-corrected chi connectivity index (χ0v) is 12.5. The topological polar surface area (TPSA) is 49.3 Å². The molecule has 3 nitrogen and oxygen atoms in total. The number of aliphatic hydroxyl groups excluding tert-OH is 1. The molecule has 0 aromatic heterocycles. The molecule has 3 heteroatoms. The van der Waals surface area contributed by atoms with Crippen LogP contribution in [0.4, 0.5) is 0 Å². The van der Waals surface area contributed by atoms with Crippen LogP contribution in [0.2, 0.25) is 0 Å². The van der Waals surface area contributed by atoms with Gasteiger partial charge >= 0.3 is 0 Å². The van der Waals surface area contributed by atoms with Gasteiger partial charge in [0.2, 0.25) is 0 Å². The molecule has 1 aromatic rings. The maximum atomic E-state index is 12.3. The minimum atomic E-state index is -0.158. The first kappa shape index (κ1) is 16.3. The van der Waals surface area contributed by atoms with Crippen molar-refractivity contribution in [3.8, 4) is 11.8 Å². The lowest BCUT2D eigenvalue weighted by molar-refractivity contribution is 0.0888. The summed E-state index contributed by atoms with van der Waals surface area (Å²) in [4.78, 5) is 12.3. The Hall–Kier alpha value is -1.79. The molecule has 2 N–H and O–H groups in total. The summed E-state index contributed by atoms with van der Waals surface area (Å²) in [6.07, 6.45) is 2.77. The van der Waals surface area contributed by atoms with Crippen molar-refractivity contribution in [1.29, 1.82) is 0 Å². The SMILES string of the molecule is CCC(CC)(CC)NC(=O)c1ccc(C#CCO)cc1. The minimum Gasteiger partial charge on any atom is -0.384 e. The molecule has 0 saturated heterocycles. The van der Waals surface area contributed by atoms with Crippen LogP contribution in [-0.2, 0) is 0 Å². The van der Waals surface area contributed by atoms with Gasteiger partial charge < -0.3 is 10.4 Å². The number of hydrogen-bond acceptors (Lipinski definition) is 2. The number of amides is 1. The smallest absolute Gasteiger partial charge is 0.251 e. The molecule has 1 amide bonds. The Labute approximate surface area is 121 Å². The zero-order valence-electron chi connectivity index (χ0n) is 12.5. The van der Waals surface area contributed by atoms with Crippen LogP contribution in [0.1, 0.15) is 56.0 Å². The quantitative estimate of drug-likeness (QED) is 0.810. The van der Waals surface area contributed by atoms with Crippen molar-refractivity contribution in [2.24, 2.45) is 0 Å². The Morgan fingerprint density at radius 1 is 1.15 bits per heavy atom. The van der Waals surface area contributed by atoms with Gasteiger partial charge in [-0.05, 0) is 43.5 Å². The van der Waals surface area contributed by atoms with E-state index in [2.05, 4.69) is 37.9 Å². The number of rotatable bonds is 5. The highest BCUT2D eigenvalue weighted by molar-refractivity contribution is 5.94. The third-order valence-corrected chi connectivity index (χ3v) is 3.87. The third-order valence-electron chi connectivity index (χ3n) is 3.87. The van der Waals surface area contributed by atoms with E-state index < -0.39 is 0 Å². The monoisotopic (exact) mass is 273 g/mol. The molecule has 0 fully saturated rings. The van der Waals surface area contributed by atoms with Crippen molar-refractivity contribution < 1.29 is 9.90 Å². The molecule has 0 saturated carbocycles. The van der Waals surface area contributed by atoms with Gasteiger partial charge in [-0.2, -0.15) is 0 Å². The van der Waals surface area contributed by atoms with Crippen LogP contribution in [0, 0.1) is 11.8 Å². The molecule has 0 aliphatic rings. The van der Waals surface area contributed by atoms with Crippen LogP contribution in [0.5, 0.6) is 0 Å². The molecule has 0 aliphatic heterocycles. The van der Waals surface area contributed by atoms with Crippen LogP contribution in [0.15, 0.2) is 24.3 Å². The van der Waals surface area contributed by atoms with Gasteiger partial charge in [0, 0.05) is 16.7 Å². The molecule has 20 heavy (non-hydrogen) atoms. The number of benzene rings is 1. The van der Waals surface area contributed by atoms with Gasteiger partial charge in [0.15, 0.2) is 0 Å². The Bertz CT molecular complexity index is 482. The number of carbonyl (C=O) groups excluding carboxylic acids is 1. The second-order valence-corrected chi connectivity index (χ2v) is 4.83. The van der Waals surface area contributed by atoms with E-state index in [0.29, 0.717) is 5.56 Å². The lowest BCUT2D eigenvalue weighted by Gasteiger charge is -2.31. The third kappa shape index (κ3) is 4.11. The molecule has 1 aromatic carbocycles. The first-order chi connectivity index (χ1) is 9.60. The van der Waals surface area contributed by atoms with Crippen molar-refractivity contribution in [1.82, 2.24) is 5.32 Å². The summed E-state index contributed by atoms with van der Waals surface area (Å²) in [5.74, 6) is 5.35. The second kappa shape index (κ2) is 7.72. The van der Waals surface area contributed by atoms with E-state index in [1.165, 1.54) is 0 Å². The summed E-state index contributed by atoms with van der Waals surface area (Å²) >= 11 is 0. The summed E-state index contributed by atoms with van der Waals surface area (Å²) in [6.45, 7) is 6.14. The van der Waals surface area contributed by atoms with Crippen LogP contribution in [0.25, 0.3) is 0 Å². The van der Waals surface area contributed by atoms with E-state index in [4.69, 9.17) is 5.11 Å². The van der Waals surface area contributed by atoms with E-state index in [0.717, 1.165) is 24.8 Å². The molecule has 0 heterocycles. The molecule has 0 spiro atoms. The van der Waals surface area contributed by atoms with Crippen molar-refractivity contribution in [2.45, 2.75) is 45.6 Å². The van der Waals surface area contributed by atoms with Gasteiger partial charge in [0.1, 0.15) is 6.61 Å². The van der Waals surface area contributed by atoms with Gasteiger partial charge in [0.05, 0.1) is 0 Å². The maximum Gasteiger partial charge on any atom is 0.251 e. The Kier molecular flexibility index (Phi) is 6.27. The summed E-state index contributed by atoms with van der Waals surface area (Å²) < 4.78 is 0. The predicted octanol–water partition coefficient (Wildman–Crippen LogP) is 2.73. The van der Waals surface area contributed by atoms with E-state index in [1.54, 1.807) is 24.3 Å². The van der Waals surface area contributed by atoms with E-state index in [9.17, 15) is 4.79 Å². The van der Waals surface area contributed by atoms with Gasteiger partial charge in [-0.15, -0.1) is 0 Å². The summed E-state index contributed by atoms with van der Waals surface area (Å²) in [7, 11) is 0. The van der Waals surface area contributed by atoms with E-state index >= 15 is 0 Å². The molecule has 0 unspecified atom stereocenters. The molecule has 0 atom stereocenters. The molecular weight excluding hydrogens is 250 g/mol. The molecule has 0 radical (unpaired) electrons. The number of hydrogen-bond donors (Lipinski definition) is 2. The first-order valence-corrected chi connectivity index (χ1v) is 7.13. The highest BCUT2D eigenvalue weighted by Crippen LogP contribution is 2.20. The predicted molar refractivity (Wildman–Crippen MR) is 81.5 cm³/mol. The highest BCUT2D eigenvalue weighted by Gasteiger charge is 2.26. The number of carbonyl (C=O) groups is 1. The van der Waals surface area contributed by atoms with Gasteiger partial charge in [-0.3, -0.25) is 4.79 Å². The van der Waals surface area contributed by atoms with Gasteiger partial charge in [-0.25, -0.2) is 0 Å². The largest absolute Gasteiger partial charge is 0.384 e. The highest BCUT2D eigenvalue weighted by atomic mass is 16.2. The minimum absolute atomic E-state index is 0.0442. The second-order valence-electron chi connectivity index (χ2n) is 4.83. The number of nitrogens with one attached hydrogen (secondary N) is 1. The van der Waals surface area contributed by atoms with Crippen LogP contribution in [0.3, 0.4) is 0 Å². The Morgan fingerprint density at radius 3 is 2.15 bits per heavy atom. The first-order valence-electron chi connectivity index (χ1n) is 7.13. The van der Waals surface area contributed by atoms with Crippen LogP contribution >= 0.6 is 0 Å². The van der Waals surface area contributed by atoms with Crippen molar-refractivity contribution in [3.05, 3.63) is 35.4 Å². The van der Waals surface area contributed by atoms with E-state index in [1.807, 2.05) is 0 Å². The lowest BCUT2D eigenvalue weighted by atomic mass is 9.89. The van der Waals surface area contributed by atoms with Crippen LogP contribution in [-0.4, -0.2) is 23.2 Å². The van der Waals surface area contributed by atoms with Gasteiger partial charge in [0.25, 0.3) is 5.91 Å². The maximum absolute atomic E-state index is 12.3. The van der Waals surface area contributed by atoms with Crippen molar-refractivity contribution in [3.63, 3.8) is 0 Å². The van der Waals surface area contributed by atoms with Crippen LogP contribution < -0.4 is 5.32 Å². The zero-order chi connectivity index (χ0) is 15.0. The fourth-order valence-corrected chi connectivity index (χ4v) is 2.17. The molecule has 0 aliphatic carbocycles. The molecule has 1 rings (SSSR count). The fraction of sp³-hybridized carbons (Fsp3) is 0.471. The molecule has 108 valence electrons. The summed E-state index contributed by atoms with van der Waals surface area (Å²) in [5, 5.41) is 11.8. The summed E-state index contributed by atoms with van der Waals surface area (Å²) in [5.41, 5.74) is 1.31. The van der Waals surface area contributed by atoms with Crippen molar-refractivity contribution in [2.75, 3.05) is 6.61 Å². The normalized spacial score (nSPS) is 10.6. The standard InChI is InChI=1S/C17H23NO2/c1-4-17(5-2,6-3)18-16(20)15-11-9-14(10-12-15)8-7-13-19/h9-12,19H,4-6,13H2,1-3H3,(H,18,20). The van der Waals surface area contributed by atoms with Gasteiger partial charge in [-0.1, -0.05) is 32.6 Å². The Morgan fingerprint density at radius 2 is 1.70 bits per heavy atom. The Balaban J connectivity index is 2.82. The number of aliphatic hydroxyl groups is 1. The fourth-order valence-electron chi connectivity index (χ4n) is 2.17. The molecular formula is C17H23NO2. The summed E-state index contributed by atoms with van der Waals surface area (Å²) in [6, 6.07) is 7.12. The van der Waals surface area contributed by atoms with E-state index in [-0.39, 0.29) is 18.1 Å². The average molecular weight is 273 g/mol. The average Bonchev–Trinajstić information content (AvgIpc) is 2.51. The lowest BCUT2D eigenvalue weighted by Crippen LogP contribution is -2.47.